The maximum atomic E-state index is 11.3. The first-order valence-corrected chi connectivity index (χ1v) is 5.57. The monoisotopic (exact) mass is 237 g/mol. The Labute approximate surface area is 102 Å². The zero-order valence-electron chi connectivity index (χ0n) is 10.7. The summed E-state index contributed by atoms with van der Waals surface area (Å²) in [4.78, 5) is 11.3. The summed E-state index contributed by atoms with van der Waals surface area (Å²) in [5.74, 6) is 0.378. The van der Waals surface area contributed by atoms with Gasteiger partial charge < -0.3 is 14.8 Å². The van der Waals surface area contributed by atoms with E-state index in [4.69, 9.17) is 4.74 Å². The molecule has 0 aliphatic heterocycles. The van der Waals surface area contributed by atoms with Crippen molar-refractivity contribution in [1.82, 2.24) is 5.32 Å². The van der Waals surface area contributed by atoms with Crippen LogP contribution in [-0.4, -0.2) is 26.2 Å². The molecule has 1 aromatic rings. The van der Waals surface area contributed by atoms with E-state index in [1.54, 1.807) is 6.92 Å². The molecular weight excluding hydrogens is 218 g/mol. The second-order valence-corrected chi connectivity index (χ2v) is 3.88. The van der Waals surface area contributed by atoms with Crippen LogP contribution in [0.4, 0.5) is 0 Å². The summed E-state index contributed by atoms with van der Waals surface area (Å²) in [6.07, 6.45) is -0.600. The quantitative estimate of drug-likeness (QED) is 0.791. The highest BCUT2D eigenvalue weighted by molar-refractivity contribution is 5.74. The van der Waals surface area contributed by atoms with Gasteiger partial charge in [0.25, 0.3) is 0 Å². The third-order valence-corrected chi connectivity index (χ3v) is 2.49. The summed E-state index contributed by atoms with van der Waals surface area (Å²) in [6.45, 7) is 4.34. The topological polar surface area (TPSA) is 47.6 Å². The van der Waals surface area contributed by atoms with Gasteiger partial charge in [-0.1, -0.05) is 18.2 Å². The summed E-state index contributed by atoms with van der Waals surface area (Å²) < 4.78 is 10.3. The Morgan fingerprint density at radius 1 is 1.47 bits per heavy atom. The maximum Gasteiger partial charge on any atom is 0.346 e. The predicted molar refractivity (Wildman–Crippen MR) is 66.0 cm³/mol. The first kappa shape index (κ1) is 13.5. The molecule has 0 bridgehead atoms. The molecule has 0 aromatic heterocycles. The lowest BCUT2D eigenvalue weighted by atomic mass is 10.1. The SMILES string of the molecule is CNCc1cccc(C)c1OC(C)C(=O)OC. The number of nitrogens with one attached hydrogen (secondary N) is 1. The van der Waals surface area contributed by atoms with Crippen molar-refractivity contribution < 1.29 is 14.3 Å². The fourth-order valence-corrected chi connectivity index (χ4v) is 1.60. The number of esters is 1. The number of carbonyl (C=O) groups excluding carboxylic acids is 1. The number of hydrogen-bond acceptors (Lipinski definition) is 4. The molecule has 4 heteroatoms. The highest BCUT2D eigenvalue weighted by atomic mass is 16.6. The molecule has 1 N–H and O–H groups in total. The molecule has 0 aliphatic rings. The lowest BCUT2D eigenvalue weighted by Crippen LogP contribution is -2.26. The van der Waals surface area contributed by atoms with Gasteiger partial charge in [-0.2, -0.15) is 0 Å². The molecule has 0 saturated heterocycles. The molecule has 0 spiro atoms. The molecule has 1 atom stereocenters. The van der Waals surface area contributed by atoms with Crippen molar-refractivity contribution >= 4 is 5.97 Å². The van der Waals surface area contributed by atoms with Gasteiger partial charge in [-0.15, -0.1) is 0 Å². The minimum atomic E-state index is -0.600. The van der Waals surface area contributed by atoms with Crippen molar-refractivity contribution in [3.63, 3.8) is 0 Å². The molecule has 4 nitrogen and oxygen atoms in total. The minimum absolute atomic E-state index is 0.372. The molecule has 0 radical (unpaired) electrons. The van der Waals surface area contributed by atoms with Crippen molar-refractivity contribution in [3.05, 3.63) is 29.3 Å². The first-order valence-electron chi connectivity index (χ1n) is 5.57. The van der Waals surface area contributed by atoms with Gasteiger partial charge >= 0.3 is 5.97 Å². The van der Waals surface area contributed by atoms with Crippen LogP contribution < -0.4 is 10.1 Å². The van der Waals surface area contributed by atoms with E-state index in [1.165, 1.54) is 7.11 Å². The van der Waals surface area contributed by atoms with Crippen LogP contribution in [-0.2, 0) is 16.1 Å². The fourth-order valence-electron chi connectivity index (χ4n) is 1.60. The van der Waals surface area contributed by atoms with Crippen LogP contribution in [0.25, 0.3) is 0 Å². The van der Waals surface area contributed by atoms with E-state index < -0.39 is 6.10 Å². The zero-order valence-corrected chi connectivity index (χ0v) is 10.7. The molecule has 0 fully saturated rings. The number of carbonyl (C=O) groups is 1. The number of ether oxygens (including phenoxy) is 2. The Balaban J connectivity index is 2.92. The van der Waals surface area contributed by atoms with Gasteiger partial charge in [0.1, 0.15) is 5.75 Å². The third-order valence-electron chi connectivity index (χ3n) is 2.49. The summed E-state index contributed by atoms with van der Waals surface area (Å²) in [5.41, 5.74) is 2.04. The van der Waals surface area contributed by atoms with E-state index in [0.29, 0.717) is 6.54 Å². The molecule has 0 heterocycles. The fraction of sp³-hybridized carbons (Fsp3) is 0.462. The Morgan fingerprint density at radius 2 is 2.18 bits per heavy atom. The normalized spacial score (nSPS) is 12.0. The molecule has 1 aromatic carbocycles. The van der Waals surface area contributed by atoms with E-state index in [9.17, 15) is 4.79 Å². The molecule has 17 heavy (non-hydrogen) atoms. The zero-order chi connectivity index (χ0) is 12.8. The average Bonchev–Trinajstić information content (AvgIpc) is 2.32. The lowest BCUT2D eigenvalue weighted by molar-refractivity contribution is -0.147. The molecule has 0 saturated carbocycles. The van der Waals surface area contributed by atoms with Gasteiger partial charge in [0.2, 0.25) is 0 Å². The number of aryl methyl sites for hydroxylation is 1. The summed E-state index contributed by atoms with van der Waals surface area (Å²) in [7, 11) is 3.23. The number of rotatable bonds is 5. The summed E-state index contributed by atoms with van der Waals surface area (Å²) in [5, 5.41) is 3.07. The molecule has 0 aliphatic carbocycles. The first-order chi connectivity index (χ1) is 8.10. The van der Waals surface area contributed by atoms with Crippen LogP contribution in [0.5, 0.6) is 5.75 Å². The van der Waals surface area contributed by atoms with E-state index >= 15 is 0 Å². The predicted octanol–water partition coefficient (Wildman–Crippen LogP) is 1.65. The highest BCUT2D eigenvalue weighted by Gasteiger charge is 2.17. The smallest absolute Gasteiger partial charge is 0.346 e. The Morgan fingerprint density at radius 3 is 2.76 bits per heavy atom. The Bertz CT molecular complexity index is 390. The van der Waals surface area contributed by atoms with Gasteiger partial charge in [-0.05, 0) is 26.5 Å². The van der Waals surface area contributed by atoms with Crippen LogP contribution in [0.1, 0.15) is 18.1 Å². The standard InChI is InChI=1S/C13H19NO3/c1-9-6-5-7-11(8-14-3)12(9)17-10(2)13(15)16-4/h5-7,10,14H,8H2,1-4H3. The van der Waals surface area contributed by atoms with Crippen LogP contribution in [0.2, 0.25) is 0 Å². The van der Waals surface area contributed by atoms with E-state index in [2.05, 4.69) is 10.1 Å². The van der Waals surface area contributed by atoms with Crippen LogP contribution >= 0.6 is 0 Å². The summed E-state index contributed by atoms with van der Waals surface area (Å²) in [6, 6.07) is 5.90. The average molecular weight is 237 g/mol. The molecule has 1 rings (SSSR count). The van der Waals surface area contributed by atoms with Gasteiger partial charge in [0, 0.05) is 12.1 Å². The van der Waals surface area contributed by atoms with E-state index in [0.717, 1.165) is 16.9 Å². The van der Waals surface area contributed by atoms with Crippen molar-refractivity contribution in [2.45, 2.75) is 26.5 Å². The molecule has 0 amide bonds. The highest BCUT2D eigenvalue weighted by Crippen LogP contribution is 2.24. The second kappa shape index (κ2) is 6.25. The Kier molecular flexibility index (Phi) is 4.97. The maximum absolute atomic E-state index is 11.3. The number of para-hydroxylation sites is 1. The van der Waals surface area contributed by atoms with Crippen molar-refractivity contribution in [1.29, 1.82) is 0 Å². The van der Waals surface area contributed by atoms with Crippen LogP contribution in [0.3, 0.4) is 0 Å². The van der Waals surface area contributed by atoms with Crippen LogP contribution in [0.15, 0.2) is 18.2 Å². The second-order valence-electron chi connectivity index (χ2n) is 3.88. The van der Waals surface area contributed by atoms with E-state index in [1.807, 2.05) is 32.2 Å². The van der Waals surface area contributed by atoms with Crippen molar-refractivity contribution in [2.75, 3.05) is 14.2 Å². The number of methoxy groups -OCH3 is 1. The van der Waals surface area contributed by atoms with Gasteiger partial charge in [0.15, 0.2) is 6.10 Å². The van der Waals surface area contributed by atoms with Gasteiger partial charge in [-0.25, -0.2) is 4.79 Å². The lowest BCUT2D eigenvalue weighted by Gasteiger charge is -2.17. The van der Waals surface area contributed by atoms with Crippen molar-refractivity contribution in [3.8, 4) is 5.75 Å². The summed E-state index contributed by atoms with van der Waals surface area (Å²) >= 11 is 0. The molecule has 94 valence electrons. The molecule has 1 unspecified atom stereocenters. The van der Waals surface area contributed by atoms with Crippen molar-refractivity contribution in [2.24, 2.45) is 0 Å². The van der Waals surface area contributed by atoms with E-state index in [-0.39, 0.29) is 5.97 Å². The third kappa shape index (κ3) is 3.46. The van der Waals surface area contributed by atoms with Crippen LogP contribution in [0, 0.1) is 6.92 Å². The number of benzene rings is 1. The van der Waals surface area contributed by atoms with Gasteiger partial charge in [0.05, 0.1) is 7.11 Å². The minimum Gasteiger partial charge on any atom is -0.478 e. The Hall–Kier alpha value is -1.55. The number of hydrogen-bond donors (Lipinski definition) is 1. The van der Waals surface area contributed by atoms with Gasteiger partial charge in [-0.3, -0.25) is 0 Å². The largest absolute Gasteiger partial charge is 0.478 e. The molecular formula is C13H19NO3.